The van der Waals surface area contributed by atoms with Crippen LogP contribution in [-0.4, -0.2) is 23.7 Å². The average molecular weight is 306 g/mol. The number of hydrogen-bond donors (Lipinski definition) is 1. The average Bonchev–Trinajstić information content (AvgIpc) is 2.98. The van der Waals surface area contributed by atoms with Gasteiger partial charge in [-0.05, 0) is 12.1 Å². The Morgan fingerprint density at radius 1 is 1.00 bits per heavy atom. The summed E-state index contributed by atoms with van der Waals surface area (Å²) >= 11 is 0. The predicted molar refractivity (Wildman–Crippen MR) is 69.3 cm³/mol. The molecule has 3 rings (SSSR count). The summed E-state index contributed by atoms with van der Waals surface area (Å²) in [6.07, 6.45) is 0. The highest BCUT2D eigenvalue weighted by atomic mass is 19.2. The zero-order chi connectivity index (χ0) is 15.9. The second-order valence-electron chi connectivity index (χ2n) is 4.47. The minimum Gasteiger partial charge on any atom is -0.478 e. The third-order valence-corrected chi connectivity index (χ3v) is 3.19. The Morgan fingerprint density at radius 3 is 2.36 bits per heavy atom. The van der Waals surface area contributed by atoms with Gasteiger partial charge in [0, 0.05) is 5.56 Å². The van der Waals surface area contributed by atoms with Crippen molar-refractivity contribution >= 4 is 11.8 Å². The molecule has 0 bridgehead atoms. The summed E-state index contributed by atoms with van der Waals surface area (Å²) in [5.74, 6) is -5.55. The fraction of sp³-hybridized carbons (Fsp3) is 0.0667. The topological polar surface area (TPSA) is 72.8 Å². The first kappa shape index (κ1) is 14.0. The van der Waals surface area contributed by atoms with Crippen molar-refractivity contribution in [1.29, 1.82) is 0 Å². The quantitative estimate of drug-likeness (QED) is 0.882. The highest BCUT2D eigenvalue weighted by Gasteiger charge is 2.29. The van der Waals surface area contributed by atoms with E-state index in [0.717, 1.165) is 6.07 Å². The largest absolute Gasteiger partial charge is 0.478 e. The highest BCUT2D eigenvalue weighted by molar-refractivity contribution is 6.14. The number of carbonyl (C=O) groups excluding carboxylic acids is 1. The van der Waals surface area contributed by atoms with Gasteiger partial charge < -0.3 is 14.6 Å². The molecular weight excluding hydrogens is 298 g/mol. The van der Waals surface area contributed by atoms with Gasteiger partial charge in [0.25, 0.3) is 0 Å². The van der Waals surface area contributed by atoms with E-state index in [2.05, 4.69) is 0 Å². The molecule has 0 fully saturated rings. The SMILES string of the molecule is O=C(O)c1ccccc1C(=O)c1cc2c(c(F)c1F)OCO2. The summed E-state index contributed by atoms with van der Waals surface area (Å²) in [5, 5.41) is 9.08. The smallest absolute Gasteiger partial charge is 0.336 e. The Morgan fingerprint density at radius 2 is 1.68 bits per heavy atom. The molecular formula is C15H8F2O5. The van der Waals surface area contributed by atoms with E-state index in [0.29, 0.717) is 0 Å². The number of carboxylic acid groups (broad SMARTS) is 1. The standard InChI is InChI=1S/C15H8F2O5/c16-11-9(5-10-14(12(11)17)22-6-21-10)13(18)7-3-1-2-4-8(7)15(19)20/h1-5H,6H2,(H,19,20). The third-order valence-electron chi connectivity index (χ3n) is 3.19. The molecule has 2 aromatic carbocycles. The number of halogens is 2. The molecule has 0 aromatic heterocycles. The molecule has 2 aromatic rings. The van der Waals surface area contributed by atoms with Crippen molar-refractivity contribution in [2.24, 2.45) is 0 Å². The minimum absolute atomic E-state index is 0.102. The molecule has 22 heavy (non-hydrogen) atoms. The summed E-state index contributed by atoms with van der Waals surface area (Å²) < 4.78 is 37.6. The van der Waals surface area contributed by atoms with E-state index in [9.17, 15) is 18.4 Å². The van der Waals surface area contributed by atoms with Crippen LogP contribution in [0.1, 0.15) is 26.3 Å². The van der Waals surface area contributed by atoms with Crippen LogP contribution in [0.5, 0.6) is 11.5 Å². The van der Waals surface area contributed by atoms with E-state index in [1.165, 1.54) is 24.3 Å². The Bertz CT molecular complexity index is 801. The Hall–Kier alpha value is -2.96. The lowest BCUT2D eigenvalue weighted by molar-refractivity contribution is 0.0692. The van der Waals surface area contributed by atoms with E-state index in [1.807, 2.05) is 0 Å². The number of hydrogen-bond acceptors (Lipinski definition) is 4. The summed E-state index contributed by atoms with van der Waals surface area (Å²) in [7, 11) is 0. The molecule has 5 nitrogen and oxygen atoms in total. The molecule has 112 valence electrons. The number of benzene rings is 2. The summed E-state index contributed by atoms with van der Waals surface area (Å²) in [5.41, 5.74) is -1.16. The van der Waals surface area contributed by atoms with Gasteiger partial charge in [-0.1, -0.05) is 18.2 Å². The maximum absolute atomic E-state index is 14.0. The van der Waals surface area contributed by atoms with E-state index >= 15 is 0 Å². The maximum atomic E-state index is 14.0. The summed E-state index contributed by atoms with van der Waals surface area (Å²) in [4.78, 5) is 23.5. The fourth-order valence-electron chi connectivity index (χ4n) is 2.16. The van der Waals surface area contributed by atoms with Crippen LogP contribution in [0.2, 0.25) is 0 Å². The molecule has 7 heteroatoms. The predicted octanol–water partition coefficient (Wildman–Crippen LogP) is 2.62. The van der Waals surface area contributed by atoms with Crippen LogP contribution in [0.15, 0.2) is 30.3 Å². The molecule has 0 saturated heterocycles. The number of carbonyl (C=O) groups is 2. The lowest BCUT2D eigenvalue weighted by Gasteiger charge is -2.08. The number of aromatic carboxylic acids is 1. The van der Waals surface area contributed by atoms with Crippen LogP contribution in [-0.2, 0) is 0 Å². The number of rotatable bonds is 3. The molecule has 1 aliphatic heterocycles. The molecule has 0 spiro atoms. The molecule has 0 amide bonds. The minimum atomic E-state index is -1.41. The van der Waals surface area contributed by atoms with Gasteiger partial charge in [0.2, 0.25) is 18.4 Å². The van der Waals surface area contributed by atoms with Gasteiger partial charge in [0.15, 0.2) is 17.3 Å². The van der Waals surface area contributed by atoms with Crippen LogP contribution in [0.25, 0.3) is 0 Å². The van der Waals surface area contributed by atoms with E-state index in [-0.39, 0.29) is 23.7 Å². The van der Waals surface area contributed by atoms with Gasteiger partial charge in [-0.2, -0.15) is 4.39 Å². The van der Waals surface area contributed by atoms with Crippen molar-refractivity contribution in [1.82, 2.24) is 0 Å². The van der Waals surface area contributed by atoms with Crippen molar-refractivity contribution in [3.8, 4) is 11.5 Å². The molecule has 0 saturated carbocycles. The molecule has 0 aliphatic carbocycles. The summed E-state index contributed by atoms with van der Waals surface area (Å²) in [6.45, 7) is -0.283. The molecule has 1 N–H and O–H groups in total. The first-order chi connectivity index (χ1) is 10.5. The van der Waals surface area contributed by atoms with Crippen molar-refractivity contribution in [2.45, 2.75) is 0 Å². The number of ketones is 1. The van der Waals surface area contributed by atoms with Gasteiger partial charge in [-0.25, -0.2) is 9.18 Å². The van der Waals surface area contributed by atoms with Crippen molar-refractivity contribution in [3.63, 3.8) is 0 Å². The van der Waals surface area contributed by atoms with Gasteiger partial charge in [-0.15, -0.1) is 0 Å². The second-order valence-corrected chi connectivity index (χ2v) is 4.47. The maximum Gasteiger partial charge on any atom is 0.336 e. The number of fused-ring (bicyclic) bond motifs is 1. The zero-order valence-electron chi connectivity index (χ0n) is 10.9. The molecule has 1 aliphatic rings. The summed E-state index contributed by atoms with van der Waals surface area (Å²) in [6, 6.07) is 6.30. The molecule has 0 unspecified atom stereocenters. The van der Waals surface area contributed by atoms with Crippen LogP contribution in [0.3, 0.4) is 0 Å². The lowest BCUT2D eigenvalue weighted by atomic mass is 9.97. The van der Waals surface area contributed by atoms with E-state index in [1.54, 1.807) is 0 Å². The van der Waals surface area contributed by atoms with Gasteiger partial charge >= 0.3 is 5.97 Å². The van der Waals surface area contributed by atoms with Gasteiger partial charge in [0.1, 0.15) is 0 Å². The van der Waals surface area contributed by atoms with Crippen LogP contribution in [0, 0.1) is 11.6 Å². The number of ether oxygens (including phenoxy) is 2. The van der Waals surface area contributed by atoms with Crippen molar-refractivity contribution in [2.75, 3.05) is 6.79 Å². The Kier molecular flexibility index (Phi) is 3.25. The first-order valence-corrected chi connectivity index (χ1v) is 6.15. The third kappa shape index (κ3) is 2.07. The van der Waals surface area contributed by atoms with E-state index in [4.69, 9.17) is 14.6 Å². The van der Waals surface area contributed by atoms with Crippen LogP contribution in [0.4, 0.5) is 8.78 Å². The monoisotopic (exact) mass is 306 g/mol. The molecule has 0 atom stereocenters. The van der Waals surface area contributed by atoms with Gasteiger partial charge in [0.05, 0.1) is 11.1 Å². The molecule has 0 radical (unpaired) electrons. The normalized spacial score (nSPS) is 12.3. The Balaban J connectivity index is 2.15. The lowest BCUT2D eigenvalue weighted by Crippen LogP contribution is -2.12. The molecule has 1 heterocycles. The number of carboxylic acids is 1. The Labute approximate surface area is 122 Å². The van der Waals surface area contributed by atoms with E-state index < -0.39 is 34.7 Å². The van der Waals surface area contributed by atoms with Crippen molar-refractivity contribution in [3.05, 3.63) is 58.7 Å². The van der Waals surface area contributed by atoms with Crippen LogP contribution >= 0.6 is 0 Å². The fourth-order valence-corrected chi connectivity index (χ4v) is 2.16. The van der Waals surface area contributed by atoms with Crippen LogP contribution < -0.4 is 9.47 Å². The first-order valence-electron chi connectivity index (χ1n) is 6.15. The highest BCUT2D eigenvalue weighted by Crippen LogP contribution is 2.38. The zero-order valence-corrected chi connectivity index (χ0v) is 10.9. The van der Waals surface area contributed by atoms with Gasteiger partial charge in [-0.3, -0.25) is 4.79 Å². The second kappa shape index (κ2) is 5.10. The van der Waals surface area contributed by atoms with Crippen molar-refractivity contribution < 1.29 is 33.0 Å².